The summed E-state index contributed by atoms with van der Waals surface area (Å²) in [4.78, 5) is 11.6. The Morgan fingerprint density at radius 2 is 2.19 bits per heavy atom. The molecule has 1 heterocycles. The molecule has 0 spiro atoms. The van der Waals surface area contributed by atoms with E-state index in [9.17, 15) is 4.79 Å². The first kappa shape index (κ1) is 11.3. The monoisotopic (exact) mass is 232 g/mol. The molecule has 1 aromatic carbocycles. The summed E-state index contributed by atoms with van der Waals surface area (Å²) >= 11 is 1.58. The molecule has 16 heavy (non-hydrogen) atoms. The van der Waals surface area contributed by atoms with Crippen LogP contribution in [-0.4, -0.2) is 6.29 Å². The molecule has 1 nitrogen and oxygen atoms in total. The molecule has 0 amide bonds. The maximum Gasteiger partial charge on any atom is 0.160 e. The van der Waals surface area contributed by atoms with Gasteiger partial charge in [0.1, 0.15) is 0 Å². The number of rotatable bonds is 5. The molecule has 0 aliphatic heterocycles. The first-order valence-corrected chi connectivity index (χ1v) is 6.63. The Kier molecular flexibility index (Phi) is 3.73. The average Bonchev–Trinajstić information content (AvgIpc) is 2.73. The van der Waals surface area contributed by atoms with Crippen LogP contribution in [0.15, 0.2) is 24.3 Å². The molecule has 0 unspecified atom stereocenters. The summed E-state index contributed by atoms with van der Waals surface area (Å²) in [5.41, 5.74) is 1.38. The number of hydrogen-bond donors (Lipinski definition) is 0. The van der Waals surface area contributed by atoms with E-state index in [2.05, 4.69) is 25.1 Å². The summed E-state index contributed by atoms with van der Waals surface area (Å²) in [5, 5.41) is 1.27. The van der Waals surface area contributed by atoms with Gasteiger partial charge in [0.25, 0.3) is 0 Å². The molecule has 0 fully saturated rings. The molecule has 0 bridgehead atoms. The van der Waals surface area contributed by atoms with Crippen molar-refractivity contribution < 1.29 is 4.79 Å². The zero-order valence-corrected chi connectivity index (χ0v) is 10.3. The van der Waals surface area contributed by atoms with Gasteiger partial charge in [0.05, 0.1) is 4.88 Å². The van der Waals surface area contributed by atoms with Crippen LogP contribution in [0.5, 0.6) is 0 Å². The van der Waals surface area contributed by atoms with Crippen molar-refractivity contribution in [1.29, 1.82) is 0 Å². The van der Waals surface area contributed by atoms with E-state index < -0.39 is 0 Å². The minimum Gasteiger partial charge on any atom is -0.297 e. The molecule has 1 aromatic heterocycles. The van der Waals surface area contributed by atoms with E-state index >= 15 is 0 Å². The van der Waals surface area contributed by atoms with Crippen molar-refractivity contribution in [1.82, 2.24) is 0 Å². The average molecular weight is 232 g/mol. The van der Waals surface area contributed by atoms with Crippen LogP contribution in [0.2, 0.25) is 0 Å². The minimum atomic E-state index is 0.831. The van der Waals surface area contributed by atoms with Gasteiger partial charge in [0, 0.05) is 4.70 Å². The Hall–Kier alpha value is -1.15. The van der Waals surface area contributed by atoms with Crippen molar-refractivity contribution in [3.63, 3.8) is 0 Å². The van der Waals surface area contributed by atoms with Gasteiger partial charge in [-0.25, -0.2) is 0 Å². The van der Waals surface area contributed by atoms with E-state index in [0.29, 0.717) is 0 Å². The highest BCUT2D eigenvalue weighted by Crippen LogP contribution is 2.28. The summed E-state index contributed by atoms with van der Waals surface area (Å²) < 4.78 is 1.23. The Morgan fingerprint density at radius 1 is 1.31 bits per heavy atom. The van der Waals surface area contributed by atoms with E-state index in [4.69, 9.17) is 0 Å². The first-order chi connectivity index (χ1) is 7.85. The molecular weight excluding hydrogens is 216 g/mol. The normalized spacial score (nSPS) is 10.8. The highest BCUT2D eigenvalue weighted by molar-refractivity contribution is 7.20. The van der Waals surface area contributed by atoms with Crippen molar-refractivity contribution in [2.75, 3.05) is 0 Å². The molecule has 0 radical (unpaired) electrons. The lowest BCUT2D eigenvalue weighted by Gasteiger charge is -2.02. The highest BCUT2D eigenvalue weighted by Gasteiger charge is 2.05. The number of fused-ring (bicyclic) bond motifs is 1. The minimum absolute atomic E-state index is 0.831. The summed E-state index contributed by atoms with van der Waals surface area (Å²) in [7, 11) is 0. The number of aldehydes is 1. The molecule has 0 N–H and O–H groups in total. The van der Waals surface area contributed by atoms with Crippen LogP contribution in [0, 0.1) is 0 Å². The third-order valence-corrected chi connectivity index (χ3v) is 3.86. The highest BCUT2D eigenvalue weighted by atomic mass is 32.1. The van der Waals surface area contributed by atoms with E-state index in [0.717, 1.165) is 17.6 Å². The lowest BCUT2D eigenvalue weighted by molar-refractivity contribution is 0.112. The molecule has 0 aliphatic rings. The van der Waals surface area contributed by atoms with Crippen molar-refractivity contribution in [2.45, 2.75) is 32.6 Å². The van der Waals surface area contributed by atoms with Crippen LogP contribution in [0.25, 0.3) is 10.1 Å². The Morgan fingerprint density at radius 3 is 2.94 bits per heavy atom. The van der Waals surface area contributed by atoms with E-state index in [1.807, 2.05) is 6.07 Å². The fourth-order valence-electron chi connectivity index (χ4n) is 1.98. The molecular formula is C14H16OS. The molecule has 0 aliphatic carbocycles. The zero-order valence-electron chi connectivity index (χ0n) is 9.53. The standard InChI is InChI=1S/C14H16OS/c1-2-3-4-6-11-7-5-8-14-13(11)9-12(10-15)16-14/h5,7-10H,2-4,6H2,1H3. The van der Waals surface area contributed by atoms with Crippen molar-refractivity contribution in [2.24, 2.45) is 0 Å². The summed E-state index contributed by atoms with van der Waals surface area (Å²) in [5.74, 6) is 0. The molecule has 0 atom stereocenters. The van der Waals surface area contributed by atoms with Gasteiger partial charge < -0.3 is 0 Å². The van der Waals surface area contributed by atoms with Gasteiger partial charge in [0.2, 0.25) is 0 Å². The van der Waals surface area contributed by atoms with Crippen molar-refractivity contribution in [3.05, 3.63) is 34.7 Å². The van der Waals surface area contributed by atoms with Crippen LogP contribution in [0.1, 0.15) is 41.4 Å². The van der Waals surface area contributed by atoms with E-state index in [-0.39, 0.29) is 0 Å². The van der Waals surface area contributed by atoms with Gasteiger partial charge >= 0.3 is 0 Å². The number of hydrogen-bond acceptors (Lipinski definition) is 2. The number of aryl methyl sites for hydroxylation is 1. The topological polar surface area (TPSA) is 17.1 Å². The quantitative estimate of drug-likeness (QED) is 0.550. The second-order valence-electron chi connectivity index (χ2n) is 4.05. The number of carbonyl (C=O) groups excluding carboxylic acids is 1. The molecule has 2 heteroatoms. The number of benzene rings is 1. The van der Waals surface area contributed by atoms with E-state index in [1.54, 1.807) is 11.3 Å². The Bertz CT molecular complexity index is 484. The van der Waals surface area contributed by atoms with Gasteiger partial charge in [0.15, 0.2) is 6.29 Å². The lowest BCUT2D eigenvalue weighted by Crippen LogP contribution is -1.85. The van der Waals surface area contributed by atoms with Crippen LogP contribution < -0.4 is 0 Å². The second-order valence-corrected chi connectivity index (χ2v) is 5.17. The third-order valence-electron chi connectivity index (χ3n) is 2.84. The maximum absolute atomic E-state index is 10.8. The Balaban J connectivity index is 2.29. The van der Waals surface area contributed by atoms with Gasteiger partial charge in [-0.1, -0.05) is 31.9 Å². The van der Waals surface area contributed by atoms with Gasteiger partial charge in [-0.2, -0.15) is 0 Å². The summed E-state index contributed by atoms with van der Waals surface area (Å²) in [6.07, 6.45) is 5.84. The molecule has 84 valence electrons. The molecule has 2 rings (SSSR count). The Labute approximate surface area is 100 Å². The SMILES string of the molecule is CCCCCc1cccc2sc(C=O)cc12. The lowest BCUT2D eigenvalue weighted by atomic mass is 10.0. The summed E-state index contributed by atoms with van der Waals surface area (Å²) in [6.45, 7) is 2.22. The first-order valence-electron chi connectivity index (χ1n) is 5.81. The number of thiophene rings is 1. The van der Waals surface area contributed by atoms with Crippen molar-refractivity contribution in [3.8, 4) is 0 Å². The smallest absolute Gasteiger partial charge is 0.160 e. The van der Waals surface area contributed by atoms with E-state index in [1.165, 1.54) is 34.9 Å². The molecule has 0 saturated heterocycles. The molecule has 2 aromatic rings. The van der Waals surface area contributed by atoms with Gasteiger partial charge in [-0.3, -0.25) is 4.79 Å². The number of carbonyl (C=O) groups is 1. The van der Waals surface area contributed by atoms with Crippen LogP contribution in [0.4, 0.5) is 0 Å². The summed E-state index contributed by atoms with van der Waals surface area (Å²) in [6, 6.07) is 8.39. The van der Waals surface area contributed by atoms with Crippen LogP contribution >= 0.6 is 11.3 Å². The van der Waals surface area contributed by atoms with Crippen molar-refractivity contribution >= 4 is 27.7 Å². The second kappa shape index (κ2) is 5.26. The zero-order chi connectivity index (χ0) is 11.4. The van der Waals surface area contributed by atoms with Gasteiger partial charge in [-0.05, 0) is 35.9 Å². The fraction of sp³-hybridized carbons (Fsp3) is 0.357. The van der Waals surface area contributed by atoms with Gasteiger partial charge in [-0.15, -0.1) is 11.3 Å². The van der Waals surface area contributed by atoms with Crippen LogP contribution in [-0.2, 0) is 6.42 Å². The maximum atomic E-state index is 10.8. The molecule has 0 saturated carbocycles. The van der Waals surface area contributed by atoms with Crippen LogP contribution in [0.3, 0.4) is 0 Å². The fourth-order valence-corrected chi connectivity index (χ4v) is 2.91. The predicted octanol–water partition coefficient (Wildman–Crippen LogP) is 4.45. The third kappa shape index (κ3) is 2.33. The number of unbranched alkanes of at least 4 members (excludes halogenated alkanes) is 2. The largest absolute Gasteiger partial charge is 0.297 e. The predicted molar refractivity (Wildman–Crippen MR) is 70.4 cm³/mol.